The van der Waals surface area contributed by atoms with Gasteiger partial charge in [-0.2, -0.15) is 0 Å². The summed E-state index contributed by atoms with van der Waals surface area (Å²) in [5, 5.41) is 2.06. The number of nitrogens with zero attached hydrogens (tertiary/aromatic N) is 1. The molecule has 0 radical (unpaired) electrons. The van der Waals surface area contributed by atoms with E-state index < -0.39 is 0 Å². The van der Waals surface area contributed by atoms with E-state index in [4.69, 9.17) is 46.4 Å². The molecule has 0 saturated heterocycles. The monoisotopic (exact) mass is 330 g/mol. The summed E-state index contributed by atoms with van der Waals surface area (Å²) in [5.41, 5.74) is 2.31. The summed E-state index contributed by atoms with van der Waals surface area (Å²) < 4.78 is 0. The van der Waals surface area contributed by atoms with Gasteiger partial charge in [-0.05, 0) is 30.3 Å². The van der Waals surface area contributed by atoms with Crippen LogP contribution in [-0.4, -0.2) is 9.97 Å². The zero-order valence-corrected chi connectivity index (χ0v) is 12.4. The summed E-state index contributed by atoms with van der Waals surface area (Å²) in [6.07, 6.45) is 0. The van der Waals surface area contributed by atoms with Gasteiger partial charge in [-0.25, -0.2) is 4.98 Å². The molecule has 96 valence electrons. The number of hydrogen-bond donors (Lipinski definition) is 1. The lowest BCUT2D eigenvalue weighted by molar-refractivity contribution is 1.34. The van der Waals surface area contributed by atoms with Crippen molar-refractivity contribution < 1.29 is 0 Å². The number of imidazole rings is 1. The Bertz CT molecular complexity index is 741. The van der Waals surface area contributed by atoms with Crippen LogP contribution in [0.15, 0.2) is 30.3 Å². The Kier molecular flexibility index (Phi) is 3.35. The van der Waals surface area contributed by atoms with Gasteiger partial charge in [0, 0.05) is 10.6 Å². The molecule has 0 saturated carbocycles. The van der Waals surface area contributed by atoms with Crippen LogP contribution in [0.3, 0.4) is 0 Å². The minimum Gasteiger partial charge on any atom is -0.338 e. The first kappa shape index (κ1) is 13.1. The van der Waals surface area contributed by atoms with E-state index in [9.17, 15) is 0 Å². The molecule has 1 heterocycles. The minimum atomic E-state index is 0.467. The van der Waals surface area contributed by atoms with Crippen molar-refractivity contribution in [2.24, 2.45) is 0 Å². The molecule has 0 bridgehead atoms. The van der Waals surface area contributed by atoms with Crippen LogP contribution in [0.2, 0.25) is 20.1 Å². The number of benzene rings is 2. The fourth-order valence-corrected chi connectivity index (χ4v) is 2.63. The van der Waals surface area contributed by atoms with Gasteiger partial charge < -0.3 is 4.98 Å². The van der Waals surface area contributed by atoms with Gasteiger partial charge in [0.1, 0.15) is 5.82 Å². The molecule has 0 aliphatic heterocycles. The molecule has 3 aromatic rings. The van der Waals surface area contributed by atoms with E-state index in [1.165, 1.54) is 0 Å². The Balaban J connectivity index is 2.20. The van der Waals surface area contributed by atoms with E-state index >= 15 is 0 Å². The van der Waals surface area contributed by atoms with Crippen LogP contribution in [-0.2, 0) is 0 Å². The van der Waals surface area contributed by atoms with Gasteiger partial charge in [-0.1, -0.05) is 46.4 Å². The van der Waals surface area contributed by atoms with E-state index in [1.54, 1.807) is 24.3 Å². The standard InChI is InChI=1S/C13H6Cl4N2/c14-6-1-2-7(8(15)3-6)13-18-11-4-9(16)10(17)5-12(11)19-13/h1-5H,(H,18,19). The zero-order valence-electron chi connectivity index (χ0n) is 9.35. The second-order valence-corrected chi connectivity index (χ2v) is 5.65. The van der Waals surface area contributed by atoms with Gasteiger partial charge in [-0.15, -0.1) is 0 Å². The fourth-order valence-electron chi connectivity index (χ4n) is 1.81. The molecule has 2 nitrogen and oxygen atoms in total. The maximum absolute atomic E-state index is 6.16. The van der Waals surface area contributed by atoms with Gasteiger partial charge in [0.2, 0.25) is 0 Å². The molecule has 0 unspecified atom stereocenters. The van der Waals surface area contributed by atoms with Crippen LogP contribution < -0.4 is 0 Å². The highest BCUT2D eigenvalue weighted by molar-refractivity contribution is 6.42. The summed E-state index contributed by atoms with van der Waals surface area (Å²) in [7, 11) is 0. The Morgan fingerprint density at radius 2 is 1.58 bits per heavy atom. The molecular formula is C13H6Cl4N2. The van der Waals surface area contributed by atoms with Gasteiger partial charge in [0.25, 0.3) is 0 Å². The third kappa shape index (κ3) is 2.41. The lowest BCUT2D eigenvalue weighted by Gasteiger charge is -2.00. The van der Waals surface area contributed by atoms with Crippen molar-refractivity contribution in [2.75, 3.05) is 0 Å². The largest absolute Gasteiger partial charge is 0.338 e. The Hall–Kier alpha value is -0.930. The van der Waals surface area contributed by atoms with E-state index in [0.717, 1.165) is 16.6 Å². The number of H-pyrrole nitrogens is 1. The van der Waals surface area contributed by atoms with Crippen molar-refractivity contribution >= 4 is 57.4 Å². The van der Waals surface area contributed by atoms with E-state index in [0.29, 0.717) is 25.9 Å². The van der Waals surface area contributed by atoms with Gasteiger partial charge in [-0.3, -0.25) is 0 Å². The van der Waals surface area contributed by atoms with Crippen molar-refractivity contribution in [3.8, 4) is 11.4 Å². The Morgan fingerprint density at radius 1 is 0.842 bits per heavy atom. The normalized spacial score (nSPS) is 11.2. The molecule has 0 spiro atoms. The van der Waals surface area contributed by atoms with Crippen LogP contribution in [0.25, 0.3) is 22.4 Å². The fraction of sp³-hybridized carbons (Fsp3) is 0. The van der Waals surface area contributed by atoms with Crippen molar-refractivity contribution in [1.82, 2.24) is 9.97 Å². The second-order valence-electron chi connectivity index (χ2n) is 3.99. The zero-order chi connectivity index (χ0) is 13.6. The summed E-state index contributed by atoms with van der Waals surface area (Å²) in [4.78, 5) is 7.61. The van der Waals surface area contributed by atoms with Crippen LogP contribution in [0, 0.1) is 0 Å². The highest BCUT2D eigenvalue weighted by atomic mass is 35.5. The summed E-state index contributed by atoms with van der Waals surface area (Å²) >= 11 is 24.0. The molecule has 1 N–H and O–H groups in total. The second kappa shape index (κ2) is 4.88. The molecule has 0 aliphatic carbocycles. The van der Waals surface area contributed by atoms with Gasteiger partial charge in [0.15, 0.2) is 0 Å². The summed E-state index contributed by atoms with van der Waals surface area (Å²) in [6, 6.07) is 8.69. The average Bonchev–Trinajstić information content (AvgIpc) is 2.72. The Labute approximate surface area is 129 Å². The number of aromatic nitrogens is 2. The molecule has 0 aliphatic rings. The van der Waals surface area contributed by atoms with Crippen molar-refractivity contribution in [3.63, 3.8) is 0 Å². The van der Waals surface area contributed by atoms with Crippen molar-refractivity contribution in [3.05, 3.63) is 50.4 Å². The van der Waals surface area contributed by atoms with Gasteiger partial charge in [0.05, 0.1) is 26.1 Å². The molecule has 6 heteroatoms. The lowest BCUT2D eigenvalue weighted by Crippen LogP contribution is -1.81. The number of hydrogen-bond acceptors (Lipinski definition) is 1. The molecule has 2 aromatic carbocycles. The smallest absolute Gasteiger partial charge is 0.140 e. The van der Waals surface area contributed by atoms with Gasteiger partial charge >= 0.3 is 0 Å². The predicted molar refractivity (Wildman–Crippen MR) is 81.6 cm³/mol. The first-order chi connectivity index (χ1) is 9.04. The average molecular weight is 332 g/mol. The lowest BCUT2D eigenvalue weighted by atomic mass is 10.2. The SMILES string of the molecule is Clc1ccc(-c2nc3cc(Cl)c(Cl)cc3[nH]2)c(Cl)c1. The first-order valence-electron chi connectivity index (χ1n) is 5.35. The number of halogens is 4. The van der Waals surface area contributed by atoms with E-state index in [2.05, 4.69) is 9.97 Å². The third-order valence-electron chi connectivity index (χ3n) is 2.71. The highest BCUT2D eigenvalue weighted by Gasteiger charge is 2.11. The highest BCUT2D eigenvalue weighted by Crippen LogP contribution is 2.32. The molecule has 1 aromatic heterocycles. The molecule has 19 heavy (non-hydrogen) atoms. The quantitative estimate of drug-likeness (QED) is 0.595. The molecule has 0 fully saturated rings. The summed E-state index contributed by atoms with van der Waals surface area (Å²) in [6.45, 7) is 0. The molecule has 0 atom stereocenters. The van der Waals surface area contributed by atoms with Crippen LogP contribution in [0.4, 0.5) is 0 Å². The van der Waals surface area contributed by atoms with E-state index in [1.807, 2.05) is 6.07 Å². The first-order valence-corrected chi connectivity index (χ1v) is 6.86. The van der Waals surface area contributed by atoms with Crippen LogP contribution >= 0.6 is 46.4 Å². The van der Waals surface area contributed by atoms with Crippen LogP contribution in [0.1, 0.15) is 0 Å². The minimum absolute atomic E-state index is 0.467. The number of fused-ring (bicyclic) bond motifs is 1. The van der Waals surface area contributed by atoms with Crippen LogP contribution in [0.5, 0.6) is 0 Å². The number of rotatable bonds is 1. The number of nitrogens with one attached hydrogen (secondary N) is 1. The van der Waals surface area contributed by atoms with Crippen molar-refractivity contribution in [2.45, 2.75) is 0 Å². The molecule has 3 rings (SSSR count). The van der Waals surface area contributed by atoms with Crippen molar-refractivity contribution in [1.29, 1.82) is 0 Å². The predicted octanol–water partition coefficient (Wildman–Crippen LogP) is 5.84. The molecule has 0 amide bonds. The maximum Gasteiger partial charge on any atom is 0.140 e. The topological polar surface area (TPSA) is 28.7 Å². The number of aromatic amines is 1. The third-order valence-corrected chi connectivity index (χ3v) is 3.98. The Morgan fingerprint density at radius 3 is 2.32 bits per heavy atom. The molecular weight excluding hydrogens is 326 g/mol. The maximum atomic E-state index is 6.16. The summed E-state index contributed by atoms with van der Waals surface area (Å²) in [5.74, 6) is 0.648. The van der Waals surface area contributed by atoms with E-state index in [-0.39, 0.29) is 0 Å².